The average Bonchev–Trinajstić information content (AvgIpc) is 1.97. The van der Waals surface area contributed by atoms with Crippen LogP contribution < -0.4 is 5.32 Å². The first-order valence-electron chi connectivity index (χ1n) is 4.03. The Morgan fingerprint density at radius 3 is 3.00 bits per heavy atom. The number of carbonyl (C=O) groups is 1. The minimum atomic E-state index is -0.268. The van der Waals surface area contributed by atoms with Crippen molar-refractivity contribution in [3.63, 3.8) is 0 Å². The van der Waals surface area contributed by atoms with E-state index in [1.165, 1.54) is 0 Å². The van der Waals surface area contributed by atoms with E-state index in [0.717, 1.165) is 6.42 Å². The molecule has 0 saturated carbocycles. The van der Waals surface area contributed by atoms with Crippen LogP contribution in [0.2, 0.25) is 0 Å². The highest BCUT2D eigenvalue weighted by Crippen LogP contribution is 2.10. The third kappa shape index (κ3) is 2.21. The van der Waals surface area contributed by atoms with Crippen LogP contribution in [-0.2, 0) is 9.53 Å². The number of carbonyl (C=O) groups excluding carboxylic acids is 1. The second-order valence-corrected chi connectivity index (χ2v) is 2.92. The Kier molecular flexibility index (Phi) is 3.06. The predicted molar refractivity (Wildman–Crippen MR) is 42.1 cm³/mol. The number of nitrogens with one attached hydrogen (secondary N) is 1. The van der Waals surface area contributed by atoms with Gasteiger partial charge in [0, 0.05) is 13.0 Å². The number of hydrogen-bond donors (Lipinski definition) is 1. The van der Waals surface area contributed by atoms with E-state index >= 15 is 0 Å². The van der Waals surface area contributed by atoms with Gasteiger partial charge in [0.1, 0.15) is 6.10 Å². The van der Waals surface area contributed by atoms with E-state index in [2.05, 4.69) is 5.32 Å². The van der Waals surface area contributed by atoms with Crippen molar-refractivity contribution >= 4 is 5.91 Å². The maximum atomic E-state index is 11.1. The van der Waals surface area contributed by atoms with Gasteiger partial charge in [-0.1, -0.05) is 0 Å². The largest absolute Gasteiger partial charge is 0.368 e. The third-order valence-corrected chi connectivity index (χ3v) is 1.79. The minimum absolute atomic E-state index is 0.0941. The number of ether oxygens (including phenoxy) is 1. The molecule has 1 N–H and O–H groups in total. The monoisotopic (exact) mass is 168 g/mol. The summed E-state index contributed by atoms with van der Waals surface area (Å²) < 4.78 is 4.96. The van der Waals surface area contributed by atoms with Gasteiger partial charge in [0.25, 0.3) is 0 Å². The maximum Gasteiger partial charge on any atom is 0.249 e. The molecule has 1 aliphatic rings. The first-order valence-corrected chi connectivity index (χ1v) is 4.03. The zero-order chi connectivity index (χ0) is 8.97. The van der Waals surface area contributed by atoms with Gasteiger partial charge in [0.05, 0.1) is 18.6 Å². The van der Waals surface area contributed by atoms with E-state index in [1.54, 1.807) is 6.92 Å². The van der Waals surface area contributed by atoms with Gasteiger partial charge in [-0.15, -0.1) is 0 Å². The molecule has 2 unspecified atom stereocenters. The Morgan fingerprint density at radius 1 is 1.92 bits per heavy atom. The molecule has 1 fully saturated rings. The molecule has 1 amide bonds. The highest BCUT2D eigenvalue weighted by molar-refractivity contribution is 5.81. The lowest BCUT2D eigenvalue weighted by molar-refractivity contribution is -0.145. The van der Waals surface area contributed by atoms with Crippen molar-refractivity contribution in [2.75, 3.05) is 13.2 Å². The van der Waals surface area contributed by atoms with Crippen LogP contribution in [0, 0.1) is 17.2 Å². The smallest absolute Gasteiger partial charge is 0.249 e. The summed E-state index contributed by atoms with van der Waals surface area (Å²) in [6, 6.07) is 2.04. The number of amides is 1. The molecule has 4 heteroatoms. The van der Waals surface area contributed by atoms with Crippen LogP contribution in [-0.4, -0.2) is 25.2 Å². The molecule has 0 radical (unpaired) electrons. The summed E-state index contributed by atoms with van der Waals surface area (Å²) in [6.07, 6.45) is 0.531. The van der Waals surface area contributed by atoms with Crippen LogP contribution in [0.25, 0.3) is 0 Å². The highest BCUT2D eigenvalue weighted by atomic mass is 16.5. The Bertz CT molecular complexity index is 206. The standard InChI is InChI=1S/C8H12N2O2/c1-6(4-9)5-10-8(11)7-2-3-12-7/h6-7H,2-3,5H2,1H3,(H,10,11). The van der Waals surface area contributed by atoms with Gasteiger partial charge in [0.15, 0.2) is 0 Å². The molecular weight excluding hydrogens is 156 g/mol. The lowest BCUT2D eigenvalue weighted by atomic mass is 10.1. The molecule has 1 rings (SSSR count). The predicted octanol–water partition coefficient (Wildman–Crippen LogP) is 0.0512. The SMILES string of the molecule is CC(C#N)CNC(=O)C1CCO1. The highest BCUT2D eigenvalue weighted by Gasteiger charge is 2.25. The van der Waals surface area contributed by atoms with Gasteiger partial charge in [-0.05, 0) is 6.92 Å². The molecule has 4 nitrogen and oxygen atoms in total. The molecule has 12 heavy (non-hydrogen) atoms. The number of nitriles is 1. The van der Waals surface area contributed by atoms with Crippen LogP contribution in [0.3, 0.4) is 0 Å². The summed E-state index contributed by atoms with van der Waals surface area (Å²) in [5, 5.41) is 11.1. The van der Waals surface area contributed by atoms with Crippen molar-refractivity contribution in [2.45, 2.75) is 19.4 Å². The van der Waals surface area contributed by atoms with E-state index in [4.69, 9.17) is 10.00 Å². The summed E-state index contributed by atoms with van der Waals surface area (Å²) in [5.74, 6) is -0.225. The molecule has 1 saturated heterocycles. The molecule has 0 aromatic carbocycles. The van der Waals surface area contributed by atoms with Crippen LogP contribution in [0.5, 0.6) is 0 Å². The van der Waals surface area contributed by atoms with Crippen LogP contribution in [0.4, 0.5) is 0 Å². The van der Waals surface area contributed by atoms with Gasteiger partial charge in [-0.25, -0.2) is 0 Å². The van der Waals surface area contributed by atoms with E-state index in [0.29, 0.717) is 13.2 Å². The second kappa shape index (κ2) is 4.07. The molecule has 2 atom stereocenters. The summed E-state index contributed by atoms with van der Waals surface area (Å²) in [4.78, 5) is 11.1. The topological polar surface area (TPSA) is 62.1 Å². The molecule has 0 aromatic rings. The van der Waals surface area contributed by atoms with Gasteiger partial charge >= 0.3 is 0 Å². The van der Waals surface area contributed by atoms with Gasteiger partial charge in [-0.2, -0.15) is 5.26 Å². The summed E-state index contributed by atoms with van der Waals surface area (Å²) in [6.45, 7) is 2.85. The second-order valence-electron chi connectivity index (χ2n) is 2.92. The summed E-state index contributed by atoms with van der Waals surface area (Å²) in [5.41, 5.74) is 0. The molecular formula is C8H12N2O2. The normalized spacial score (nSPS) is 23.5. The fourth-order valence-corrected chi connectivity index (χ4v) is 0.856. The van der Waals surface area contributed by atoms with Gasteiger partial charge in [0.2, 0.25) is 5.91 Å². The molecule has 1 heterocycles. The van der Waals surface area contributed by atoms with Crippen molar-refractivity contribution in [3.8, 4) is 6.07 Å². The summed E-state index contributed by atoms with van der Waals surface area (Å²) >= 11 is 0. The van der Waals surface area contributed by atoms with Crippen molar-refractivity contribution in [3.05, 3.63) is 0 Å². The Labute approximate surface area is 71.5 Å². The van der Waals surface area contributed by atoms with Crippen molar-refractivity contribution in [2.24, 2.45) is 5.92 Å². The number of hydrogen-bond acceptors (Lipinski definition) is 3. The zero-order valence-corrected chi connectivity index (χ0v) is 7.04. The molecule has 66 valence electrons. The third-order valence-electron chi connectivity index (χ3n) is 1.79. The number of rotatable bonds is 3. The molecule has 0 spiro atoms. The summed E-state index contributed by atoms with van der Waals surface area (Å²) in [7, 11) is 0. The minimum Gasteiger partial charge on any atom is -0.368 e. The lowest BCUT2D eigenvalue weighted by Crippen LogP contribution is -2.44. The Balaban J connectivity index is 2.14. The van der Waals surface area contributed by atoms with E-state index in [-0.39, 0.29) is 17.9 Å². The van der Waals surface area contributed by atoms with E-state index in [9.17, 15) is 4.79 Å². The number of nitrogens with zero attached hydrogens (tertiary/aromatic N) is 1. The quantitative estimate of drug-likeness (QED) is 0.647. The van der Waals surface area contributed by atoms with Gasteiger partial charge < -0.3 is 10.1 Å². The molecule has 0 aliphatic carbocycles. The Hall–Kier alpha value is -1.08. The van der Waals surface area contributed by atoms with Gasteiger partial charge in [-0.3, -0.25) is 4.79 Å². The van der Waals surface area contributed by atoms with Crippen LogP contribution >= 0.6 is 0 Å². The lowest BCUT2D eigenvalue weighted by Gasteiger charge is -2.25. The fourth-order valence-electron chi connectivity index (χ4n) is 0.856. The molecule has 0 bridgehead atoms. The fraction of sp³-hybridized carbons (Fsp3) is 0.750. The average molecular weight is 168 g/mol. The first kappa shape index (κ1) is 9.01. The molecule has 1 aliphatic heterocycles. The Morgan fingerprint density at radius 2 is 2.58 bits per heavy atom. The van der Waals surface area contributed by atoms with Crippen molar-refractivity contribution in [1.29, 1.82) is 5.26 Å². The first-order chi connectivity index (χ1) is 5.74. The van der Waals surface area contributed by atoms with Crippen molar-refractivity contribution in [1.82, 2.24) is 5.32 Å². The maximum absolute atomic E-state index is 11.1. The van der Waals surface area contributed by atoms with Crippen molar-refractivity contribution < 1.29 is 9.53 Å². The van der Waals surface area contributed by atoms with Crippen LogP contribution in [0.15, 0.2) is 0 Å². The van der Waals surface area contributed by atoms with E-state index in [1.807, 2.05) is 6.07 Å². The van der Waals surface area contributed by atoms with E-state index < -0.39 is 0 Å². The molecule has 0 aromatic heterocycles. The zero-order valence-electron chi connectivity index (χ0n) is 7.04. The van der Waals surface area contributed by atoms with Crippen LogP contribution in [0.1, 0.15) is 13.3 Å².